The van der Waals surface area contributed by atoms with Crippen molar-refractivity contribution in [1.82, 2.24) is 0 Å². The summed E-state index contributed by atoms with van der Waals surface area (Å²) in [5.74, 6) is -1.76. The summed E-state index contributed by atoms with van der Waals surface area (Å²) in [6, 6.07) is 0. The molecule has 0 saturated carbocycles. The lowest BCUT2D eigenvalue weighted by molar-refractivity contribution is -0.172. The number of rotatable bonds is 9. The smallest absolute Gasteiger partial charge is 0.322 e. The maximum atomic E-state index is 12.8. The van der Waals surface area contributed by atoms with Crippen molar-refractivity contribution in [3.05, 3.63) is 0 Å². The summed E-state index contributed by atoms with van der Waals surface area (Å²) in [6.45, 7) is 11.8. The highest BCUT2D eigenvalue weighted by Crippen LogP contribution is 2.31. The van der Waals surface area contributed by atoms with Crippen LogP contribution in [-0.4, -0.2) is 62.1 Å². The van der Waals surface area contributed by atoms with E-state index in [1.807, 2.05) is 13.8 Å². The van der Waals surface area contributed by atoms with E-state index in [1.165, 1.54) is 20.8 Å². The van der Waals surface area contributed by atoms with E-state index in [-0.39, 0.29) is 31.3 Å². The number of esters is 3. The Kier molecular flexibility index (Phi) is 8.39. The number of hydrogen-bond donors (Lipinski definition) is 0. The van der Waals surface area contributed by atoms with Crippen LogP contribution in [0.3, 0.4) is 0 Å². The summed E-state index contributed by atoms with van der Waals surface area (Å²) in [5, 5.41) is -1.22. The first-order valence-corrected chi connectivity index (χ1v) is 10.4. The number of ether oxygens (including phenoxy) is 4. The van der Waals surface area contributed by atoms with Crippen molar-refractivity contribution in [3.63, 3.8) is 0 Å². The van der Waals surface area contributed by atoms with Crippen molar-refractivity contribution >= 4 is 41.7 Å². The largest absolute Gasteiger partial charge is 0.465 e. The van der Waals surface area contributed by atoms with Gasteiger partial charge in [-0.3, -0.25) is 14.4 Å². The van der Waals surface area contributed by atoms with E-state index in [1.54, 1.807) is 13.8 Å². The molecule has 1 rings (SSSR count). The third-order valence-corrected chi connectivity index (χ3v) is 4.81. The Balaban J connectivity index is 2.80. The molecular weight excluding hydrogens is 443 g/mol. The Hall–Kier alpha value is -1.09. The van der Waals surface area contributed by atoms with Crippen LogP contribution in [-0.2, 0) is 33.3 Å². The lowest BCUT2D eigenvalue weighted by Crippen LogP contribution is -2.43. The highest BCUT2D eigenvalue weighted by molar-refractivity contribution is 9.10. The fourth-order valence-corrected chi connectivity index (χ4v) is 2.71. The van der Waals surface area contributed by atoms with Crippen LogP contribution in [0.2, 0.25) is 5.31 Å². The molecule has 2 unspecified atom stereocenters. The van der Waals surface area contributed by atoms with Gasteiger partial charge < -0.3 is 18.9 Å². The van der Waals surface area contributed by atoms with Crippen molar-refractivity contribution in [3.8, 4) is 0 Å². The Bertz CT molecular complexity index is 589. The molecule has 0 bridgehead atoms. The number of hydrogen-bond acceptors (Lipinski definition) is 7. The van der Waals surface area contributed by atoms with Gasteiger partial charge in [-0.1, -0.05) is 29.8 Å². The number of carbonyl (C=O) groups is 3. The first-order chi connectivity index (χ1) is 13.0. The van der Waals surface area contributed by atoms with E-state index in [4.69, 9.17) is 26.8 Å². The summed E-state index contributed by atoms with van der Waals surface area (Å²) in [6.07, 6.45) is 0.764. The van der Waals surface area contributed by atoms with Gasteiger partial charge in [-0.05, 0) is 41.0 Å². The second-order valence-corrected chi connectivity index (χ2v) is 11.6. The molecule has 0 amide bonds. The highest BCUT2D eigenvalue weighted by atomic mass is 79.9. The van der Waals surface area contributed by atoms with Crippen LogP contribution in [0.15, 0.2) is 0 Å². The zero-order valence-electron chi connectivity index (χ0n) is 18.4. The third-order valence-electron chi connectivity index (χ3n) is 4.49. The molecule has 0 aromatic heterocycles. The minimum Gasteiger partial charge on any atom is -0.465 e. The van der Waals surface area contributed by atoms with E-state index in [2.05, 4.69) is 15.9 Å². The van der Waals surface area contributed by atoms with Gasteiger partial charge in [0.25, 0.3) is 0 Å². The molecule has 0 spiro atoms. The fourth-order valence-electron chi connectivity index (χ4n) is 2.60. The fraction of sp³-hybridized carbons (Fsp3) is 0.850. The second-order valence-electron chi connectivity index (χ2n) is 9.65. The van der Waals surface area contributed by atoms with Crippen molar-refractivity contribution in [1.29, 1.82) is 0 Å². The molecule has 1 aliphatic heterocycles. The molecule has 1 saturated heterocycles. The van der Waals surface area contributed by atoms with E-state index < -0.39 is 33.0 Å². The topological polar surface area (TPSA) is 88.1 Å². The molecule has 164 valence electrons. The van der Waals surface area contributed by atoms with E-state index in [0.29, 0.717) is 6.61 Å². The molecule has 2 radical (unpaired) electrons. The number of alkyl halides is 1. The molecule has 0 aromatic rings. The molecule has 0 aromatic carbocycles. The third kappa shape index (κ3) is 8.28. The Morgan fingerprint density at radius 2 is 1.52 bits per heavy atom. The lowest BCUT2D eigenvalue weighted by atomic mass is 9.73. The van der Waals surface area contributed by atoms with Crippen LogP contribution in [0, 0.1) is 11.3 Å². The molecule has 7 nitrogen and oxygen atoms in total. The minimum absolute atomic E-state index is 0.0766. The average Bonchev–Trinajstić information content (AvgIpc) is 2.92. The van der Waals surface area contributed by atoms with Gasteiger partial charge >= 0.3 is 17.9 Å². The van der Waals surface area contributed by atoms with Crippen LogP contribution in [0.4, 0.5) is 0 Å². The zero-order valence-corrected chi connectivity index (χ0v) is 20.0. The predicted molar refractivity (Wildman–Crippen MR) is 112 cm³/mol. The lowest BCUT2D eigenvalue weighted by Gasteiger charge is -2.29. The van der Waals surface area contributed by atoms with Crippen LogP contribution in [0.1, 0.15) is 54.9 Å². The molecule has 1 heterocycles. The second kappa shape index (κ2) is 9.37. The van der Waals surface area contributed by atoms with Crippen LogP contribution >= 0.6 is 15.9 Å². The monoisotopic (exact) mass is 474 g/mol. The molecule has 2 atom stereocenters. The minimum atomic E-state index is -1.37. The van der Waals surface area contributed by atoms with Crippen molar-refractivity contribution in [2.45, 2.75) is 70.1 Å². The maximum absolute atomic E-state index is 12.8. The molecule has 1 fully saturated rings. The summed E-state index contributed by atoms with van der Waals surface area (Å²) < 4.78 is 20.7. The SMILES string of the molecule is [B]C(C)(C)C(=O)OCC(C)(COC(=O)C(C)(C)Br)C(=O)OCC1COC(C)(C)C1. The van der Waals surface area contributed by atoms with Gasteiger partial charge in [0.15, 0.2) is 0 Å². The van der Waals surface area contributed by atoms with Crippen molar-refractivity contribution in [2.24, 2.45) is 11.3 Å². The number of halogens is 1. The van der Waals surface area contributed by atoms with E-state index in [0.717, 1.165) is 6.42 Å². The average molecular weight is 475 g/mol. The van der Waals surface area contributed by atoms with Crippen LogP contribution in [0.25, 0.3) is 0 Å². The van der Waals surface area contributed by atoms with Crippen LogP contribution in [0.5, 0.6) is 0 Å². The van der Waals surface area contributed by atoms with Gasteiger partial charge in [-0.2, -0.15) is 0 Å². The quantitative estimate of drug-likeness (QED) is 0.219. The van der Waals surface area contributed by atoms with Gasteiger partial charge in [-0.25, -0.2) is 0 Å². The normalized spacial score (nSPS) is 21.2. The molecule has 0 aliphatic carbocycles. The molecule has 1 aliphatic rings. The molecule has 0 N–H and O–H groups in total. The Morgan fingerprint density at radius 1 is 1.00 bits per heavy atom. The van der Waals surface area contributed by atoms with Gasteiger partial charge in [-0.15, -0.1) is 0 Å². The first kappa shape index (κ1) is 26.0. The van der Waals surface area contributed by atoms with Gasteiger partial charge in [0, 0.05) is 11.2 Å². The summed E-state index contributed by atoms with van der Waals surface area (Å²) >= 11 is 3.22. The Morgan fingerprint density at radius 3 is 1.93 bits per heavy atom. The zero-order chi connectivity index (χ0) is 22.7. The maximum Gasteiger partial charge on any atom is 0.322 e. The van der Waals surface area contributed by atoms with Crippen LogP contribution < -0.4 is 0 Å². The molecule has 9 heteroatoms. The van der Waals surface area contributed by atoms with Gasteiger partial charge in [0.05, 0.1) is 26.7 Å². The molecule has 29 heavy (non-hydrogen) atoms. The number of carbonyl (C=O) groups excluding carboxylic acids is 3. The first-order valence-electron chi connectivity index (χ1n) is 9.60. The van der Waals surface area contributed by atoms with Gasteiger partial charge in [0.2, 0.25) is 0 Å². The Labute approximate surface area is 183 Å². The summed E-state index contributed by atoms with van der Waals surface area (Å²) in [5.41, 5.74) is -1.62. The van der Waals surface area contributed by atoms with Gasteiger partial charge in [0.1, 0.15) is 23.0 Å². The molecular formula is C20H32BBrO7. The van der Waals surface area contributed by atoms with Crippen molar-refractivity contribution in [2.75, 3.05) is 26.4 Å². The van der Waals surface area contributed by atoms with Crippen molar-refractivity contribution < 1.29 is 33.3 Å². The predicted octanol–water partition coefficient (Wildman–Crippen LogP) is 2.98. The van der Waals surface area contributed by atoms with E-state index >= 15 is 0 Å². The summed E-state index contributed by atoms with van der Waals surface area (Å²) in [4.78, 5) is 37.0. The summed E-state index contributed by atoms with van der Waals surface area (Å²) in [7, 11) is 5.73. The highest BCUT2D eigenvalue weighted by Gasteiger charge is 2.42. The standard InChI is InChI=1S/C20H32BBrO7/c1-17(2)8-13(10-29-17)9-26-16(25)20(7,11-27-14(23)18(3,4)21)12-28-15(24)19(5,6)22/h13H,8-12H2,1-7H3. The van der Waals surface area contributed by atoms with E-state index in [9.17, 15) is 14.4 Å².